The highest BCUT2D eigenvalue weighted by Crippen LogP contribution is 2.12. The number of hydrogen-bond acceptors (Lipinski definition) is 1. The molecule has 0 aliphatic rings. The van der Waals surface area contributed by atoms with E-state index in [0.717, 1.165) is 16.3 Å². The average molecular weight is 265 g/mol. The molecule has 17 heavy (non-hydrogen) atoms. The lowest BCUT2D eigenvalue weighted by molar-refractivity contribution is 0.682. The van der Waals surface area contributed by atoms with Crippen LogP contribution in [0.4, 0.5) is 0 Å². The van der Waals surface area contributed by atoms with E-state index >= 15 is 0 Å². The van der Waals surface area contributed by atoms with Crippen molar-refractivity contribution in [2.75, 3.05) is 5.75 Å². The summed E-state index contributed by atoms with van der Waals surface area (Å²) in [6.45, 7) is 0. The Balaban J connectivity index is 1.95. The van der Waals surface area contributed by atoms with E-state index < -0.39 is 10.8 Å². The van der Waals surface area contributed by atoms with Crippen molar-refractivity contribution in [2.24, 2.45) is 0 Å². The number of aryl methyl sites for hydroxylation is 1. The fourth-order valence-corrected chi connectivity index (χ4v) is 2.80. The first-order valence-electron chi connectivity index (χ1n) is 5.43. The second kappa shape index (κ2) is 5.99. The third kappa shape index (κ3) is 3.69. The predicted octanol–water partition coefficient (Wildman–Crippen LogP) is 3.69. The van der Waals surface area contributed by atoms with Crippen LogP contribution in [0.3, 0.4) is 0 Å². The van der Waals surface area contributed by atoms with Gasteiger partial charge in [0.2, 0.25) is 0 Å². The van der Waals surface area contributed by atoms with Crippen molar-refractivity contribution < 1.29 is 4.21 Å². The van der Waals surface area contributed by atoms with Crippen molar-refractivity contribution in [1.29, 1.82) is 0 Å². The summed E-state index contributed by atoms with van der Waals surface area (Å²) in [7, 11) is -0.922. The Kier molecular flexibility index (Phi) is 4.35. The molecular formula is C14H13ClOS. The first-order chi connectivity index (χ1) is 8.25. The van der Waals surface area contributed by atoms with Crippen LogP contribution in [0.5, 0.6) is 0 Å². The molecule has 3 heteroatoms. The Labute approximate surface area is 109 Å². The molecule has 2 rings (SSSR count). The van der Waals surface area contributed by atoms with Crippen LogP contribution in [-0.4, -0.2) is 9.96 Å². The molecule has 2 aromatic carbocycles. The fourth-order valence-electron chi connectivity index (χ4n) is 1.55. The average Bonchev–Trinajstić information content (AvgIpc) is 2.39. The maximum atomic E-state index is 12.0. The quantitative estimate of drug-likeness (QED) is 0.823. The summed E-state index contributed by atoms with van der Waals surface area (Å²) in [6, 6.07) is 17.2. The molecule has 0 N–H and O–H groups in total. The summed E-state index contributed by atoms with van der Waals surface area (Å²) >= 11 is 5.81. The normalized spacial score (nSPS) is 12.3. The Morgan fingerprint density at radius 1 is 0.941 bits per heavy atom. The van der Waals surface area contributed by atoms with Crippen LogP contribution >= 0.6 is 11.6 Å². The van der Waals surface area contributed by atoms with Gasteiger partial charge in [0, 0.05) is 15.7 Å². The predicted molar refractivity (Wildman–Crippen MR) is 72.9 cm³/mol. The van der Waals surface area contributed by atoms with Gasteiger partial charge in [0.15, 0.2) is 0 Å². The summed E-state index contributed by atoms with van der Waals surface area (Å²) in [4.78, 5) is 0.890. The zero-order valence-corrected chi connectivity index (χ0v) is 10.9. The topological polar surface area (TPSA) is 17.1 Å². The zero-order chi connectivity index (χ0) is 12.1. The van der Waals surface area contributed by atoms with E-state index in [2.05, 4.69) is 0 Å². The van der Waals surface area contributed by atoms with Gasteiger partial charge in [-0.25, -0.2) is 0 Å². The molecule has 88 valence electrons. The highest BCUT2D eigenvalue weighted by atomic mass is 35.5. The van der Waals surface area contributed by atoms with Gasteiger partial charge >= 0.3 is 0 Å². The van der Waals surface area contributed by atoms with Gasteiger partial charge in [0.25, 0.3) is 0 Å². The van der Waals surface area contributed by atoms with E-state index in [4.69, 9.17) is 11.6 Å². The minimum Gasteiger partial charge on any atom is -0.254 e. The van der Waals surface area contributed by atoms with Crippen molar-refractivity contribution in [3.8, 4) is 0 Å². The molecule has 0 amide bonds. The highest BCUT2D eigenvalue weighted by molar-refractivity contribution is 7.85. The molecule has 0 aromatic heterocycles. The van der Waals surface area contributed by atoms with Gasteiger partial charge in [-0.1, -0.05) is 41.9 Å². The molecular weight excluding hydrogens is 252 g/mol. The lowest BCUT2D eigenvalue weighted by Gasteiger charge is -2.02. The summed E-state index contributed by atoms with van der Waals surface area (Å²) in [5.74, 6) is 0.644. The number of hydrogen-bond donors (Lipinski definition) is 0. The second-order valence-corrected chi connectivity index (χ2v) is 5.75. The van der Waals surface area contributed by atoms with Gasteiger partial charge in [0.05, 0.1) is 10.8 Å². The number of rotatable bonds is 4. The van der Waals surface area contributed by atoms with E-state index in [9.17, 15) is 4.21 Å². The lowest BCUT2D eigenvalue weighted by Crippen LogP contribution is -2.01. The van der Waals surface area contributed by atoms with Crippen molar-refractivity contribution in [3.05, 3.63) is 65.2 Å². The van der Waals surface area contributed by atoms with E-state index in [1.165, 1.54) is 5.56 Å². The van der Waals surface area contributed by atoms with Gasteiger partial charge in [-0.15, -0.1) is 0 Å². The monoisotopic (exact) mass is 264 g/mol. The summed E-state index contributed by atoms with van der Waals surface area (Å²) in [5, 5.41) is 0.734. The third-order valence-corrected chi connectivity index (χ3v) is 4.12. The summed E-state index contributed by atoms with van der Waals surface area (Å²) in [6.07, 6.45) is 0.804. The van der Waals surface area contributed by atoms with E-state index in [1.807, 2.05) is 54.6 Å². The molecule has 0 fully saturated rings. The molecule has 0 spiro atoms. The first-order valence-corrected chi connectivity index (χ1v) is 7.13. The number of halogens is 1. The van der Waals surface area contributed by atoms with Crippen molar-refractivity contribution >= 4 is 22.4 Å². The van der Waals surface area contributed by atoms with Gasteiger partial charge < -0.3 is 0 Å². The second-order valence-electron chi connectivity index (χ2n) is 3.74. The fraction of sp³-hybridized carbons (Fsp3) is 0.143. The molecule has 0 aliphatic heterocycles. The van der Waals surface area contributed by atoms with Crippen LogP contribution < -0.4 is 0 Å². The van der Waals surface area contributed by atoms with Crippen LogP contribution in [0.2, 0.25) is 5.02 Å². The Morgan fingerprint density at radius 3 is 2.24 bits per heavy atom. The Bertz CT molecular complexity index is 493. The van der Waals surface area contributed by atoms with E-state index in [1.54, 1.807) is 0 Å². The van der Waals surface area contributed by atoms with Gasteiger partial charge in [-0.2, -0.15) is 0 Å². The summed E-state index contributed by atoms with van der Waals surface area (Å²) in [5.41, 5.74) is 1.17. The standard InChI is InChI=1S/C14H13ClOS/c15-13-8-6-12(7-9-13)10-11-17(16)14-4-2-1-3-5-14/h1-9H,10-11H2. The zero-order valence-electron chi connectivity index (χ0n) is 9.30. The minimum absolute atomic E-state index is 0.644. The van der Waals surface area contributed by atoms with Crippen LogP contribution in [0.25, 0.3) is 0 Å². The third-order valence-electron chi connectivity index (χ3n) is 2.50. The molecule has 0 bridgehead atoms. The Hall–Kier alpha value is -1.12. The molecule has 1 nitrogen and oxygen atoms in total. The van der Waals surface area contributed by atoms with Crippen LogP contribution in [0, 0.1) is 0 Å². The van der Waals surface area contributed by atoms with Crippen molar-refractivity contribution in [2.45, 2.75) is 11.3 Å². The van der Waals surface area contributed by atoms with E-state index in [0.29, 0.717) is 5.75 Å². The molecule has 0 saturated heterocycles. The SMILES string of the molecule is O=S(CCc1ccc(Cl)cc1)c1ccccc1. The smallest absolute Gasteiger partial charge is 0.0532 e. The molecule has 0 radical (unpaired) electrons. The lowest BCUT2D eigenvalue weighted by atomic mass is 10.2. The molecule has 0 aliphatic carbocycles. The van der Waals surface area contributed by atoms with Gasteiger partial charge in [-0.05, 0) is 36.2 Å². The van der Waals surface area contributed by atoms with E-state index in [-0.39, 0.29) is 0 Å². The summed E-state index contributed by atoms with van der Waals surface area (Å²) < 4.78 is 12.0. The van der Waals surface area contributed by atoms with Crippen molar-refractivity contribution in [3.63, 3.8) is 0 Å². The van der Waals surface area contributed by atoms with Crippen LogP contribution in [0.1, 0.15) is 5.56 Å². The molecule has 2 aromatic rings. The number of benzene rings is 2. The highest BCUT2D eigenvalue weighted by Gasteiger charge is 2.03. The minimum atomic E-state index is -0.922. The van der Waals surface area contributed by atoms with Crippen LogP contribution in [0.15, 0.2) is 59.5 Å². The molecule has 0 saturated carbocycles. The van der Waals surface area contributed by atoms with Crippen molar-refractivity contribution in [1.82, 2.24) is 0 Å². The molecule has 1 atom stereocenters. The largest absolute Gasteiger partial charge is 0.254 e. The van der Waals surface area contributed by atoms with Gasteiger partial charge in [-0.3, -0.25) is 4.21 Å². The Morgan fingerprint density at radius 2 is 1.59 bits per heavy atom. The molecule has 0 heterocycles. The maximum Gasteiger partial charge on any atom is 0.0532 e. The van der Waals surface area contributed by atoms with Gasteiger partial charge in [0.1, 0.15) is 0 Å². The first kappa shape index (κ1) is 12.3. The molecule has 1 unspecified atom stereocenters. The maximum absolute atomic E-state index is 12.0. The van der Waals surface area contributed by atoms with Crippen LogP contribution in [-0.2, 0) is 17.2 Å².